The Labute approximate surface area is 113 Å². The van der Waals surface area contributed by atoms with Gasteiger partial charge in [0, 0.05) is 0 Å². The van der Waals surface area contributed by atoms with E-state index in [2.05, 4.69) is 29.8 Å². The van der Waals surface area contributed by atoms with E-state index >= 15 is 0 Å². The molecule has 0 fully saturated rings. The molecule has 0 saturated heterocycles. The first kappa shape index (κ1) is 14.3. The van der Waals surface area contributed by atoms with Crippen molar-refractivity contribution in [3.05, 3.63) is 42.0 Å². The van der Waals surface area contributed by atoms with Crippen molar-refractivity contribution in [3.63, 3.8) is 0 Å². The molecule has 1 aromatic carbocycles. The number of nitrogens with one attached hydrogen (secondary N) is 2. The number of hydrazone groups is 1. The van der Waals surface area contributed by atoms with E-state index in [1.54, 1.807) is 0 Å². The Morgan fingerprint density at radius 1 is 1.33 bits per heavy atom. The SMILES string of the molecule is CC(C)C(/C=C/c1ccccc1)=N\NC(=S)NN. The van der Waals surface area contributed by atoms with E-state index in [-0.39, 0.29) is 5.92 Å². The number of hydrogen-bond acceptors (Lipinski definition) is 3. The monoisotopic (exact) mass is 262 g/mol. The van der Waals surface area contributed by atoms with Gasteiger partial charge in [-0.15, -0.1) is 0 Å². The molecule has 0 aromatic heterocycles. The van der Waals surface area contributed by atoms with Crippen molar-refractivity contribution < 1.29 is 0 Å². The summed E-state index contributed by atoms with van der Waals surface area (Å²) in [5.74, 6) is 5.45. The second-order valence-electron chi connectivity index (χ2n) is 4.02. The highest BCUT2D eigenvalue weighted by Crippen LogP contribution is 2.04. The number of nitrogens with two attached hydrogens (primary N) is 1. The molecule has 0 bridgehead atoms. The third-order valence-corrected chi connectivity index (χ3v) is 2.46. The maximum absolute atomic E-state index is 5.16. The lowest BCUT2D eigenvalue weighted by Gasteiger charge is -2.07. The summed E-state index contributed by atoms with van der Waals surface area (Å²) >= 11 is 4.86. The zero-order valence-corrected chi connectivity index (χ0v) is 11.4. The van der Waals surface area contributed by atoms with Gasteiger partial charge in [0.1, 0.15) is 0 Å². The zero-order valence-electron chi connectivity index (χ0n) is 10.6. The molecule has 0 unspecified atom stereocenters. The predicted molar refractivity (Wildman–Crippen MR) is 80.8 cm³/mol. The molecule has 0 spiro atoms. The Morgan fingerprint density at radius 2 is 2.00 bits per heavy atom. The number of rotatable bonds is 4. The highest BCUT2D eigenvalue weighted by atomic mass is 32.1. The summed E-state index contributed by atoms with van der Waals surface area (Å²) < 4.78 is 0. The maximum Gasteiger partial charge on any atom is 0.201 e. The minimum Gasteiger partial charge on any atom is -0.300 e. The molecule has 4 nitrogen and oxygen atoms in total. The summed E-state index contributed by atoms with van der Waals surface area (Å²) in [5, 5.41) is 4.50. The van der Waals surface area contributed by atoms with Crippen molar-refractivity contribution in [1.82, 2.24) is 10.9 Å². The quantitative estimate of drug-likeness (QED) is 0.336. The standard InChI is InChI=1S/C13H18N4S/c1-10(2)12(16-17-13(18)15-14)9-8-11-6-4-3-5-7-11/h3-10H,14H2,1-2H3,(H2,15,17,18)/b9-8+,16-12-. The van der Waals surface area contributed by atoms with Crippen LogP contribution >= 0.6 is 12.2 Å². The van der Waals surface area contributed by atoms with Gasteiger partial charge in [-0.1, -0.05) is 50.3 Å². The van der Waals surface area contributed by atoms with Crippen molar-refractivity contribution in [1.29, 1.82) is 0 Å². The van der Waals surface area contributed by atoms with Crippen LogP contribution < -0.4 is 16.7 Å². The van der Waals surface area contributed by atoms with Gasteiger partial charge in [-0.3, -0.25) is 10.9 Å². The number of hydrogen-bond donors (Lipinski definition) is 3. The van der Waals surface area contributed by atoms with Gasteiger partial charge in [0.2, 0.25) is 5.11 Å². The largest absolute Gasteiger partial charge is 0.300 e. The van der Waals surface area contributed by atoms with Gasteiger partial charge in [0.15, 0.2) is 0 Å². The van der Waals surface area contributed by atoms with E-state index in [1.165, 1.54) is 0 Å². The molecule has 0 heterocycles. The lowest BCUT2D eigenvalue weighted by molar-refractivity contribution is 0.853. The van der Waals surface area contributed by atoms with E-state index in [4.69, 9.17) is 18.1 Å². The molecule has 96 valence electrons. The van der Waals surface area contributed by atoms with E-state index in [0.717, 1.165) is 11.3 Å². The fourth-order valence-electron chi connectivity index (χ4n) is 1.25. The van der Waals surface area contributed by atoms with Gasteiger partial charge in [-0.2, -0.15) is 5.10 Å². The van der Waals surface area contributed by atoms with Crippen LogP contribution in [-0.2, 0) is 0 Å². The normalized spacial score (nSPS) is 11.9. The van der Waals surface area contributed by atoms with Gasteiger partial charge < -0.3 is 0 Å². The first-order valence-corrected chi connectivity index (χ1v) is 6.11. The Morgan fingerprint density at radius 3 is 2.56 bits per heavy atom. The molecule has 0 saturated carbocycles. The van der Waals surface area contributed by atoms with Gasteiger partial charge in [-0.05, 0) is 29.8 Å². The first-order chi connectivity index (χ1) is 8.63. The summed E-state index contributed by atoms with van der Waals surface area (Å²) in [6, 6.07) is 10.1. The summed E-state index contributed by atoms with van der Waals surface area (Å²) in [4.78, 5) is 0. The van der Waals surface area contributed by atoms with Gasteiger partial charge in [0.05, 0.1) is 5.71 Å². The van der Waals surface area contributed by atoms with Gasteiger partial charge >= 0.3 is 0 Å². The Bertz CT molecular complexity index is 438. The second kappa shape index (κ2) is 7.58. The Kier molecular flexibility index (Phi) is 6.04. The van der Waals surface area contributed by atoms with Crippen LogP contribution in [0.5, 0.6) is 0 Å². The van der Waals surface area contributed by atoms with Gasteiger partial charge in [0.25, 0.3) is 0 Å². The second-order valence-corrected chi connectivity index (χ2v) is 4.43. The van der Waals surface area contributed by atoms with E-state index < -0.39 is 0 Å². The molecule has 18 heavy (non-hydrogen) atoms. The molecule has 0 radical (unpaired) electrons. The number of nitrogens with zero attached hydrogens (tertiary/aromatic N) is 1. The summed E-state index contributed by atoms with van der Waals surface area (Å²) in [6.45, 7) is 4.13. The minimum absolute atomic E-state index is 0.290. The molecule has 0 aliphatic carbocycles. The highest BCUT2D eigenvalue weighted by molar-refractivity contribution is 7.80. The third-order valence-electron chi connectivity index (χ3n) is 2.26. The van der Waals surface area contributed by atoms with Crippen molar-refractivity contribution >= 4 is 29.1 Å². The number of thiocarbonyl (C=S) groups is 1. The van der Waals surface area contributed by atoms with Crippen LogP contribution in [0, 0.1) is 5.92 Å². The van der Waals surface area contributed by atoms with Crippen LogP contribution in [-0.4, -0.2) is 10.8 Å². The van der Waals surface area contributed by atoms with Crippen molar-refractivity contribution in [2.24, 2.45) is 16.9 Å². The number of hydrazine groups is 1. The summed E-state index contributed by atoms with van der Waals surface area (Å²) in [7, 11) is 0. The van der Waals surface area contributed by atoms with Crippen LogP contribution in [0.4, 0.5) is 0 Å². The lowest BCUT2D eigenvalue weighted by atomic mass is 10.1. The average Bonchev–Trinajstić information content (AvgIpc) is 2.39. The Hall–Kier alpha value is -1.72. The molecule has 1 rings (SSSR count). The lowest BCUT2D eigenvalue weighted by Crippen LogP contribution is -2.37. The van der Waals surface area contributed by atoms with E-state index in [1.807, 2.05) is 42.5 Å². The van der Waals surface area contributed by atoms with Crippen molar-refractivity contribution in [3.8, 4) is 0 Å². The molecule has 4 N–H and O–H groups in total. The molecular weight excluding hydrogens is 244 g/mol. The summed E-state index contributed by atoms with van der Waals surface area (Å²) in [5.41, 5.74) is 7.03. The smallest absolute Gasteiger partial charge is 0.201 e. The molecular formula is C13H18N4S. The molecule has 0 aliphatic heterocycles. The highest BCUT2D eigenvalue weighted by Gasteiger charge is 2.01. The van der Waals surface area contributed by atoms with Crippen LogP contribution in [0.25, 0.3) is 6.08 Å². The number of allylic oxidation sites excluding steroid dienone is 1. The zero-order chi connectivity index (χ0) is 13.4. The van der Waals surface area contributed by atoms with Gasteiger partial charge in [-0.25, -0.2) is 5.84 Å². The molecule has 1 aromatic rings. The molecule has 0 amide bonds. The molecule has 0 aliphatic rings. The minimum atomic E-state index is 0.290. The third kappa shape index (κ3) is 5.07. The fraction of sp³-hybridized carbons (Fsp3) is 0.231. The predicted octanol–water partition coefficient (Wildman–Crippen LogP) is 2.05. The van der Waals surface area contributed by atoms with E-state index in [9.17, 15) is 0 Å². The first-order valence-electron chi connectivity index (χ1n) is 5.70. The van der Waals surface area contributed by atoms with Crippen LogP contribution in [0.15, 0.2) is 41.5 Å². The average molecular weight is 262 g/mol. The van der Waals surface area contributed by atoms with Crippen LogP contribution in [0.1, 0.15) is 19.4 Å². The summed E-state index contributed by atoms with van der Waals surface area (Å²) in [6.07, 6.45) is 3.98. The topological polar surface area (TPSA) is 62.4 Å². The Balaban J connectivity index is 2.75. The van der Waals surface area contributed by atoms with Crippen molar-refractivity contribution in [2.75, 3.05) is 0 Å². The molecule has 0 atom stereocenters. The maximum atomic E-state index is 5.16. The fourth-order valence-corrected chi connectivity index (χ4v) is 1.30. The van der Waals surface area contributed by atoms with Crippen molar-refractivity contribution in [2.45, 2.75) is 13.8 Å². The molecule has 5 heteroatoms. The number of benzene rings is 1. The van der Waals surface area contributed by atoms with E-state index in [0.29, 0.717) is 5.11 Å². The van der Waals surface area contributed by atoms with Crippen LogP contribution in [0.3, 0.4) is 0 Å². The van der Waals surface area contributed by atoms with Crippen LogP contribution in [0.2, 0.25) is 0 Å².